The third kappa shape index (κ3) is 3.78. The average Bonchev–Trinajstić information content (AvgIpc) is 2.21. The van der Waals surface area contributed by atoms with Gasteiger partial charge in [0, 0.05) is 9.16 Å². The molecular formula is C11H14O5. The van der Waals surface area contributed by atoms with Crippen molar-refractivity contribution in [3.8, 4) is 11.5 Å². The smallest absolute Gasteiger partial charge is 0.303 e. The molecule has 88 valence electrons. The predicted molar refractivity (Wildman–Crippen MR) is 56.4 cm³/mol. The van der Waals surface area contributed by atoms with Gasteiger partial charge in [0.05, 0.1) is 7.45 Å². The van der Waals surface area contributed by atoms with Crippen molar-refractivity contribution in [2.24, 2.45) is 0 Å². The van der Waals surface area contributed by atoms with Crippen LogP contribution in [0.4, 0.5) is 0 Å². The third-order valence-corrected chi connectivity index (χ3v) is 1.86. The SMILES string of the molecule is [2H]C([2H])(CC(=O)O)C([2H])(O)Cc1ccc(O)c(O)c1. The minimum atomic E-state index is -2.67. The summed E-state index contributed by atoms with van der Waals surface area (Å²) in [7, 11) is 0. The first-order valence-corrected chi connectivity index (χ1v) is 4.50. The summed E-state index contributed by atoms with van der Waals surface area (Å²) in [6.07, 6.45) is -6.88. The Labute approximate surface area is 96.8 Å². The van der Waals surface area contributed by atoms with Crippen LogP contribution in [0, 0.1) is 0 Å². The zero-order valence-electron chi connectivity index (χ0n) is 11.3. The normalized spacial score (nSPS) is 17.9. The van der Waals surface area contributed by atoms with E-state index < -0.39 is 37.0 Å². The Morgan fingerprint density at radius 2 is 2.12 bits per heavy atom. The molecule has 0 aliphatic rings. The van der Waals surface area contributed by atoms with Crippen molar-refractivity contribution in [3.63, 3.8) is 0 Å². The van der Waals surface area contributed by atoms with Crippen molar-refractivity contribution < 1.29 is 29.3 Å². The monoisotopic (exact) mass is 229 g/mol. The minimum Gasteiger partial charge on any atom is -0.504 e. The van der Waals surface area contributed by atoms with Crippen LogP contribution in [0.1, 0.15) is 22.5 Å². The molecule has 0 aliphatic carbocycles. The molecule has 4 N–H and O–H groups in total. The Hall–Kier alpha value is -1.75. The van der Waals surface area contributed by atoms with Gasteiger partial charge < -0.3 is 20.4 Å². The highest BCUT2D eigenvalue weighted by molar-refractivity contribution is 5.66. The lowest BCUT2D eigenvalue weighted by Crippen LogP contribution is -2.12. The molecule has 0 bridgehead atoms. The fourth-order valence-corrected chi connectivity index (χ4v) is 1.11. The summed E-state index contributed by atoms with van der Waals surface area (Å²) in [6.45, 7) is 0. The van der Waals surface area contributed by atoms with Crippen LogP contribution < -0.4 is 0 Å². The number of phenols is 2. The molecule has 16 heavy (non-hydrogen) atoms. The molecule has 0 saturated heterocycles. The Morgan fingerprint density at radius 3 is 2.69 bits per heavy atom. The number of aliphatic carboxylic acids is 1. The molecular weight excluding hydrogens is 212 g/mol. The first kappa shape index (κ1) is 8.41. The first-order chi connectivity index (χ1) is 8.55. The van der Waals surface area contributed by atoms with E-state index in [0.717, 1.165) is 12.1 Å². The maximum atomic E-state index is 10.5. The average molecular weight is 229 g/mol. The van der Waals surface area contributed by atoms with Crippen LogP contribution in [0.25, 0.3) is 0 Å². The number of hydrogen-bond acceptors (Lipinski definition) is 4. The molecule has 5 nitrogen and oxygen atoms in total. The van der Waals surface area contributed by atoms with Gasteiger partial charge in [-0.3, -0.25) is 4.79 Å². The molecule has 1 aromatic carbocycles. The van der Waals surface area contributed by atoms with Crippen LogP contribution in [0.3, 0.4) is 0 Å². The van der Waals surface area contributed by atoms with E-state index in [4.69, 9.17) is 14.3 Å². The molecule has 0 fully saturated rings. The number of rotatable bonds is 5. The fourth-order valence-electron chi connectivity index (χ4n) is 1.11. The number of carboxylic acids is 1. The van der Waals surface area contributed by atoms with Gasteiger partial charge in [-0.25, -0.2) is 0 Å². The molecule has 0 amide bonds. The van der Waals surface area contributed by atoms with E-state index in [1.165, 1.54) is 6.07 Å². The van der Waals surface area contributed by atoms with E-state index in [0.29, 0.717) is 0 Å². The van der Waals surface area contributed by atoms with Crippen LogP contribution in [0.15, 0.2) is 18.2 Å². The van der Waals surface area contributed by atoms with E-state index in [-0.39, 0.29) is 11.3 Å². The summed E-state index contributed by atoms with van der Waals surface area (Å²) in [5.74, 6) is -2.32. The van der Waals surface area contributed by atoms with Gasteiger partial charge in [0.1, 0.15) is 0 Å². The van der Waals surface area contributed by atoms with Crippen LogP contribution in [-0.4, -0.2) is 32.5 Å². The van der Waals surface area contributed by atoms with E-state index in [2.05, 4.69) is 0 Å². The summed E-state index contributed by atoms with van der Waals surface area (Å²) < 4.78 is 22.4. The molecule has 1 unspecified atom stereocenters. The number of aromatic hydroxyl groups is 2. The maximum Gasteiger partial charge on any atom is 0.303 e. The minimum absolute atomic E-state index is 0.196. The van der Waals surface area contributed by atoms with E-state index in [9.17, 15) is 15.0 Å². The topological polar surface area (TPSA) is 98.0 Å². The number of phenolic OH excluding ortho intramolecular Hbond substituents is 2. The molecule has 0 radical (unpaired) electrons. The largest absolute Gasteiger partial charge is 0.504 e. The zero-order valence-corrected chi connectivity index (χ0v) is 8.34. The van der Waals surface area contributed by atoms with Crippen LogP contribution >= 0.6 is 0 Å². The van der Waals surface area contributed by atoms with Gasteiger partial charge in [0.2, 0.25) is 0 Å². The second-order valence-corrected chi connectivity index (χ2v) is 3.19. The van der Waals surface area contributed by atoms with Crippen molar-refractivity contribution in [2.45, 2.75) is 25.3 Å². The molecule has 5 heteroatoms. The van der Waals surface area contributed by atoms with Crippen molar-refractivity contribution >= 4 is 5.97 Å². The van der Waals surface area contributed by atoms with Crippen molar-refractivity contribution in [2.75, 3.05) is 0 Å². The Kier molecular flexibility index (Phi) is 2.82. The van der Waals surface area contributed by atoms with Crippen molar-refractivity contribution in [3.05, 3.63) is 23.8 Å². The van der Waals surface area contributed by atoms with Crippen LogP contribution in [0.5, 0.6) is 11.5 Å². The summed E-state index contributed by atoms with van der Waals surface area (Å²) in [4.78, 5) is 10.5. The standard InChI is InChI=1S/C11H14O5/c12-8(2-4-11(15)16)5-7-1-3-9(13)10(14)6-7/h1,3,6,8,12-14H,2,4-5H2,(H,15,16)/i2D2,8D. The highest BCUT2D eigenvalue weighted by Crippen LogP contribution is 2.25. The highest BCUT2D eigenvalue weighted by atomic mass is 16.4. The van der Waals surface area contributed by atoms with Gasteiger partial charge in [-0.2, -0.15) is 0 Å². The summed E-state index contributed by atoms with van der Waals surface area (Å²) in [5.41, 5.74) is 0.196. The molecule has 0 heterocycles. The lowest BCUT2D eigenvalue weighted by Gasteiger charge is -2.09. The van der Waals surface area contributed by atoms with E-state index >= 15 is 0 Å². The lowest BCUT2D eigenvalue weighted by atomic mass is 10.0. The number of carbonyl (C=O) groups is 1. The molecule has 1 rings (SSSR count). The quantitative estimate of drug-likeness (QED) is 0.561. The van der Waals surface area contributed by atoms with Gasteiger partial charge >= 0.3 is 5.97 Å². The Morgan fingerprint density at radius 1 is 1.44 bits per heavy atom. The lowest BCUT2D eigenvalue weighted by molar-refractivity contribution is -0.137. The van der Waals surface area contributed by atoms with Gasteiger partial charge in [-0.1, -0.05) is 6.07 Å². The van der Waals surface area contributed by atoms with Crippen LogP contribution in [-0.2, 0) is 11.2 Å². The predicted octanol–water partition coefficient (Wildman–Crippen LogP) is 0.866. The van der Waals surface area contributed by atoms with Gasteiger partial charge in [0.15, 0.2) is 11.5 Å². The van der Waals surface area contributed by atoms with Crippen molar-refractivity contribution in [1.82, 2.24) is 0 Å². The van der Waals surface area contributed by atoms with Crippen LogP contribution in [0.2, 0.25) is 0 Å². The Balaban J connectivity index is 2.94. The third-order valence-electron chi connectivity index (χ3n) is 1.86. The second kappa shape index (κ2) is 5.37. The van der Waals surface area contributed by atoms with E-state index in [1.54, 1.807) is 0 Å². The fraction of sp³-hybridized carbons (Fsp3) is 0.364. The van der Waals surface area contributed by atoms with Gasteiger partial charge in [0.25, 0.3) is 0 Å². The molecule has 0 spiro atoms. The molecule has 1 aromatic rings. The van der Waals surface area contributed by atoms with Crippen molar-refractivity contribution in [1.29, 1.82) is 0 Å². The summed E-state index contributed by atoms with van der Waals surface area (Å²) in [6, 6.07) is 3.50. The highest BCUT2D eigenvalue weighted by Gasteiger charge is 2.09. The molecule has 1 atom stereocenters. The van der Waals surface area contributed by atoms with Gasteiger partial charge in [-0.15, -0.1) is 0 Å². The van der Waals surface area contributed by atoms with Gasteiger partial charge in [-0.05, 0) is 30.5 Å². The molecule has 0 aromatic heterocycles. The number of aliphatic hydroxyl groups is 1. The Bertz CT molecular complexity index is 487. The number of hydrogen-bond donors (Lipinski definition) is 4. The molecule has 0 aliphatic heterocycles. The molecule has 0 saturated carbocycles. The second-order valence-electron chi connectivity index (χ2n) is 3.19. The maximum absolute atomic E-state index is 10.5. The van der Waals surface area contributed by atoms with E-state index in [1.807, 2.05) is 0 Å². The number of benzene rings is 1. The first-order valence-electron chi connectivity index (χ1n) is 6.00. The summed E-state index contributed by atoms with van der Waals surface area (Å²) >= 11 is 0. The zero-order chi connectivity index (χ0) is 14.8. The number of carboxylic acid groups (broad SMARTS) is 1. The summed E-state index contributed by atoms with van der Waals surface area (Å²) in [5, 5.41) is 36.7.